The second-order valence-corrected chi connectivity index (χ2v) is 4.04. The first-order valence-electron chi connectivity index (χ1n) is 3.98. The molecule has 0 radical (unpaired) electrons. The normalized spacial score (nSPS) is 44.7. The Morgan fingerprint density at radius 3 is 2.44 bits per heavy atom. The molecule has 0 amide bonds. The van der Waals surface area contributed by atoms with E-state index in [1.165, 1.54) is 25.7 Å². The molecule has 2 fully saturated rings. The summed E-state index contributed by atoms with van der Waals surface area (Å²) in [5, 5.41) is 0. The Balaban J connectivity index is 1.79. The van der Waals surface area contributed by atoms with Crippen molar-refractivity contribution in [1.29, 1.82) is 0 Å². The van der Waals surface area contributed by atoms with Gasteiger partial charge in [0.25, 0.3) is 0 Å². The van der Waals surface area contributed by atoms with Crippen molar-refractivity contribution in [2.75, 3.05) is 0 Å². The van der Waals surface area contributed by atoms with Crippen molar-refractivity contribution in [3.05, 3.63) is 0 Å². The third-order valence-corrected chi connectivity index (χ3v) is 2.84. The molecule has 0 aromatic carbocycles. The minimum atomic E-state index is 0.315. The Labute approximate surface area is 56.6 Å². The quantitative estimate of drug-likeness (QED) is 0.595. The van der Waals surface area contributed by atoms with E-state index in [2.05, 4.69) is 6.92 Å². The van der Waals surface area contributed by atoms with Crippen LogP contribution in [0, 0.1) is 11.8 Å². The summed E-state index contributed by atoms with van der Waals surface area (Å²) in [5.41, 5.74) is 6.26. The van der Waals surface area contributed by atoms with E-state index in [4.69, 9.17) is 5.73 Å². The smallest absolute Gasteiger partial charge is 0.0158 e. The number of hydrogen-bond acceptors (Lipinski definition) is 1. The Bertz CT molecular complexity index is 127. The predicted octanol–water partition coefficient (Wildman–Crippen LogP) is 1.52. The Kier molecular flexibility index (Phi) is 0.963. The Morgan fingerprint density at radius 2 is 2.11 bits per heavy atom. The summed E-state index contributed by atoms with van der Waals surface area (Å²) in [7, 11) is 0. The highest BCUT2D eigenvalue weighted by Gasteiger charge is 2.45. The second-order valence-electron chi connectivity index (χ2n) is 4.04. The van der Waals surface area contributed by atoms with Crippen LogP contribution in [-0.4, -0.2) is 5.54 Å². The molecule has 52 valence electrons. The van der Waals surface area contributed by atoms with Crippen molar-refractivity contribution < 1.29 is 0 Å². The fourth-order valence-corrected chi connectivity index (χ4v) is 1.57. The molecule has 0 aliphatic heterocycles. The zero-order valence-electron chi connectivity index (χ0n) is 6.06. The van der Waals surface area contributed by atoms with E-state index in [9.17, 15) is 0 Å². The summed E-state index contributed by atoms with van der Waals surface area (Å²) in [6, 6.07) is 0. The van der Waals surface area contributed by atoms with E-state index in [1.54, 1.807) is 0 Å². The fourth-order valence-electron chi connectivity index (χ4n) is 1.57. The van der Waals surface area contributed by atoms with Crippen molar-refractivity contribution in [1.82, 2.24) is 0 Å². The van der Waals surface area contributed by atoms with E-state index in [0.717, 1.165) is 11.8 Å². The Morgan fingerprint density at radius 1 is 1.56 bits per heavy atom. The van der Waals surface area contributed by atoms with Gasteiger partial charge in [0.05, 0.1) is 0 Å². The average Bonchev–Trinajstić information content (AvgIpc) is 2.58. The molecule has 2 rings (SSSR count). The third kappa shape index (κ3) is 1.11. The molecule has 0 bridgehead atoms. The SMILES string of the molecule is CC1CC1CC1(N)CC1. The summed E-state index contributed by atoms with van der Waals surface area (Å²) in [6.07, 6.45) is 5.33. The molecule has 2 saturated carbocycles. The molecule has 2 N–H and O–H groups in total. The van der Waals surface area contributed by atoms with Gasteiger partial charge in [0, 0.05) is 5.54 Å². The van der Waals surface area contributed by atoms with E-state index in [-0.39, 0.29) is 0 Å². The van der Waals surface area contributed by atoms with Crippen molar-refractivity contribution in [2.24, 2.45) is 17.6 Å². The van der Waals surface area contributed by atoms with Crippen LogP contribution in [0.1, 0.15) is 32.6 Å². The lowest BCUT2D eigenvalue weighted by molar-refractivity contribution is 0.539. The summed E-state index contributed by atoms with van der Waals surface area (Å²) in [6.45, 7) is 2.33. The highest BCUT2D eigenvalue weighted by molar-refractivity contribution is 5.03. The second kappa shape index (κ2) is 1.51. The molecule has 1 nitrogen and oxygen atoms in total. The highest BCUT2D eigenvalue weighted by atomic mass is 14.8. The van der Waals surface area contributed by atoms with Gasteiger partial charge in [0.2, 0.25) is 0 Å². The first-order chi connectivity index (χ1) is 4.20. The molecular weight excluding hydrogens is 110 g/mol. The molecule has 2 unspecified atom stereocenters. The lowest BCUT2D eigenvalue weighted by Gasteiger charge is -2.05. The molecular formula is C8H15N. The number of hydrogen-bond donors (Lipinski definition) is 1. The first kappa shape index (κ1) is 5.72. The van der Waals surface area contributed by atoms with E-state index in [0.29, 0.717) is 5.54 Å². The van der Waals surface area contributed by atoms with Gasteiger partial charge in [-0.25, -0.2) is 0 Å². The Hall–Kier alpha value is -0.0400. The molecule has 2 atom stereocenters. The van der Waals surface area contributed by atoms with Crippen LogP contribution in [0.15, 0.2) is 0 Å². The predicted molar refractivity (Wildman–Crippen MR) is 38.0 cm³/mol. The first-order valence-corrected chi connectivity index (χ1v) is 3.98. The van der Waals surface area contributed by atoms with Crippen LogP contribution < -0.4 is 5.73 Å². The zero-order valence-corrected chi connectivity index (χ0v) is 6.06. The zero-order chi connectivity index (χ0) is 6.48. The van der Waals surface area contributed by atoms with Crippen LogP contribution in [0.5, 0.6) is 0 Å². The van der Waals surface area contributed by atoms with Crippen molar-refractivity contribution >= 4 is 0 Å². The summed E-state index contributed by atoms with van der Waals surface area (Å²) < 4.78 is 0. The topological polar surface area (TPSA) is 26.0 Å². The van der Waals surface area contributed by atoms with Gasteiger partial charge in [-0.2, -0.15) is 0 Å². The summed E-state index contributed by atoms with van der Waals surface area (Å²) in [5.74, 6) is 1.99. The van der Waals surface area contributed by atoms with Gasteiger partial charge in [0.15, 0.2) is 0 Å². The molecule has 0 aromatic heterocycles. The average molecular weight is 125 g/mol. The molecule has 0 saturated heterocycles. The minimum absolute atomic E-state index is 0.315. The lowest BCUT2D eigenvalue weighted by Crippen LogP contribution is -2.22. The molecule has 0 heterocycles. The number of rotatable bonds is 2. The molecule has 2 aliphatic rings. The largest absolute Gasteiger partial charge is 0.325 e. The van der Waals surface area contributed by atoms with Crippen LogP contribution in [0.3, 0.4) is 0 Å². The molecule has 9 heavy (non-hydrogen) atoms. The van der Waals surface area contributed by atoms with Crippen molar-refractivity contribution in [3.8, 4) is 0 Å². The van der Waals surface area contributed by atoms with Crippen molar-refractivity contribution in [3.63, 3.8) is 0 Å². The van der Waals surface area contributed by atoms with E-state index >= 15 is 0 Å². The van der Waals surface area contributed by atoms with Gasteiger partial charge in [-0.15, -0.1) is 0 Å². The lowest BCUT2D eigenvalue weighted by atomic mass is 10.1. The van der Waals surface area contributed by atoms with Crippen LogP contribution in [0.2, 0.25) is 0 Å². The molecule has 2 aliphatic carbocycles. The summed E-state index contributed by atoms with van der Waals surface area (Å²) in [4.78, 5) is 0. The van der Waals surface area contributed by atoms with Gasteiger partial charge >= 0.3 is 0 Å². The number of nitrogens with two attached hydrogens (primary N) is 1. The molecule has 0 aromatic rings. The van der Waals surface area contributed by atoms with Crippen LogP contribution in [0.25, 0.3) is 0 Å². The monoisotopic (exact) mass is 125 g/mol. The summed E-state index contributed by atoms with van der Waals surface area (Å²) >= 11 is 0. The van der Waals surface area contributed by atoms with Gasteiger partial charge < -0.3 is 5.73 Å². The third-order valence-electron chi connectivity index (χ3n) is 2.84. The highest BCUT2D eigenvalue weighted by Crippen LogP contribution is 2.49. The molecule has 0 spiro atoms. The van der Waals surface area contributed by atoms with E-state index < -0.39 is 0 Å². The van der Waals surface area contributed by atoms with Gasteiger partial charge in [-0.1, -0.05) is 6.92 Å². The van der Waals surface area contributed by atoms with E-state index in [1.807, 2.05) is 0 Å². The van der Waals surface area contributed by atoms with Gasteiger partial charge in [0.1, 0.15) is 0 Å². The maximum Gasteiger partial charge on any atom is 0.0158 e. The fraction of sp³-hybridized carbons (Fsp3) is 1.00. The molecule has 1 heteroatoms. The standard InChI is InChI=1S/C8H15N/c1-6-4-7(6)5-8(9)2-3-8/h6-7H,2-5,9H2,1H3. The van der Waals surface area contributed by atoms with Crippen LogP contribution in [0.4, 0.5) is 0 Å². The van der Waals surface area contributed by atoms with Gasteiger partial charge in [-0.3, -0.25) is 0 Å². The minimum Gasteiger partial charge on any atom is -0.325 e. The maximum atomic E-state index is 5.95. The van der Waals surface area contributed by atoms with Gasteiger partial charge in [-0.05, 0) is 37.5 Å². The van der Waals surface area contributed by atoms with Crippen LogP contribution in [-0.2, 0) is 0 Å². The maximum absolute atomic E-state index is 5.95. The van der Waals surface area contributed by atoms with Crippen molar-refractivity contribution in [2.45, 2.75) is 38.1 Å². The van der Waals surface area contributed by atoms with Crippen LogP contribution >= 0.6 is 0 Å².